The van der Waals surface area contributed by atoms with E-state index in [1.807, 2.05) is 20.8 Å². The molecule has 9 heteroatoms. The van der Waals surface area contributed by atoms with Crippen LogP contribution in [0.3, 0.4) is 0 Å². The summed E-state index contributed by atoms with van der Waals surface area (Å²) in [6, 6.07) is 8.62. The van der Waals surface area contributed by atoms with Crippen molar-refractivity contribution in [3.63, 3.8) is 0 Å². The van der Waals surface area contributed by atoms with Gasteiger partial charge in [-0.25, -0.2) is 9.59 Å². The first-order valence-corrected chi connectivity index (χ1v) is 13.0. The van der Waals surface area contributed by atoms with E-state index in [2.05, 4.69) is 10.6 Å². The first-order chi connectivity index (χ1) is 18.0. The number of nitrogens with one attached hydrogen (secondary N) is 2. The summed E-state index contributed by atoms with van der Waals surface area (Å²) >= 11 is 0. The molecule has 0 aromatic heterocycles. The Morgan fingerprint density at radius 1 is 0.795 bits per heavy atom. The van der Waals surface area contributed by atoms with Gasteiger partial charge in [-0.15, -0.1) is 0 Å². The third-order valence-corrected chi connectivity index (χ3v) is 6.26. The number of carboxylic acid groups (broad SMARTS) is 2. The maximum absolute atomic E-state index is 13.0. The number of carboxylic acids is 2. The van der Waals surface area contributed by atoms with E-state index in [4.69, 9.17) is 0 Å². The van der Waals surface area contributed by atoms with Crippen molar-refractivity contribution in [3.8, 4) is 11.1 Å². The lowest BCUT2D eigenvalue weighted by atomic mass is 9.83. The number of hydrogen-bond acceptors (Lipinski definition) is 6. The van der Waals surface area contributed by atoms with Crippen LogP contribution in [0.25, 0.3) is 11.1 Å². The van der Waals surface area contributed by atoms with Crippen molar-refractivity contribution >= 4 is 23.6 Å². The smallest absolute Gasteiger partial charge is 0.336 e. The highest BCUT2D eigenvalue weighted by Gasteiger charge is 2.28. The summed E-state index contributed by atoms with van der Waals surface area (Å²) in [6.07, 6.45) is 1.27. The molecule has 0 aliphatic rings. The fraction of sp³-hybridized carbons (Fsp3) is 0.467. The Balaban J connectivity index is 2.28. The van der Waals surface area contributed by atoms with E-state index < -0.39 is 23.3 Å². The minimum Gasteiger partial charge on any atom is -0.478 e. The Hall–Kier alpha value is -3.56. The summed E-state index contributed by atoms with van der Waals surface area (Å²) < 4.78 is 0. The molecular formula is C30H40N2O7. The van der Waals surface area contributed by atoms with E-state index in [1.165, 1.54) is 36.4 Å². The molecule has 1 unspecified atom stereocenters. The van der Waals surface area contributed by atoms with Crippen LogP contribution in [0, 0.1) is 11.3 Å². The fourth-order valence-corrected chi connectivity index (χ4v) is 4.00. The number of amides is 1. The van der Waals surface area contributed by atoms with Gasteiger partial charge in [-0.05, 0) is 74.9 Å². The van der Waals surface area contributed by atoms with E-state index in [9.17, 15) is 34.5 Å². The minimum absolute atomic E-state index is 0.0165. The van der Waals surface area contributed by atoms with E-state index in [1.54, 1.807) is 20.8 Å². The van der Waals surface area contributed by atoms with Crippen LogP contribution in [0.4, 0.5) is 0 Å². The average Bonchev–Trinajstić information content (AvgIpc) is 2.85. The Morgan fingerprint density at radius 2 is 1.31 bits per heavy atom. The van der Waals surface area contributed by atoms with Crippen LogP contribution in [0.5, 0.6) is 0 Å². The van der Waals surface area contributed by atoms with E-state index in [0.717, 1.165) is 0 Å². The van der Waals surface area contributed by atoms with Crippen molar-refractivity contribution in [2.45, 2.75) is 59.9 Å². The Kier molecular flexibility index (Phi) is 10.5. The molecule has 0 fully saturated rings. The van der Waals surface area contributed by atoms with Crippen LogP contribution < -0.4 is 10.6 Å². The van der Waals surface area contributed by atoms with E-state index in [0.29, 0.717) is 37.1 Å². The molecule has 0 saturated carbocycles. The molecule has 0 heterocycles. The van der Waals surface area contributed by atoms with Crippen molar-refractivity contribution < 1.29 is 34.5 Å². The molecule has 2 aromatic rings. The van der Waals surface area contributed by atoms with Gasteiger partial charge in [0.05, 0.1) is 16.7 Å². The SMILES string of the molecule is CC(C)(C)NCC(CO)CCCNC(=O)c1cc(-c2ccc(C(=O)O)c(C(=O)C(C)(C)C)c2)ccc1C(=O)O. The molecule has 5 N–H and O–H groups in total. The second-order valence-electron chi connectivity index (χ2n) is 11.8. The number of aliphatic hydroxyl groups excluding tert-OH is 1. The fourth-order valence-electron chi connectivity index (χ4n) is 4.00. The molecule has 0 bridgehead atoms. The standard InChI is InChI=1S/C30H40N2O7/c1-29(2,3)25(34)23-14-19(9-11-21(23)27(36)37)20-10-12-22(28(38)39)24(15-20)26(35)31-13-7-8-18(17-33)16-32-30(4,5)6/h9-12,14-15,18,32-33H,7-8,13,16-17H2,1-6H3,(H,31,35)(H,36,37)(H,38,39). The van der Waals surface area contributed by atoms with Gasteiger partial charge in [0.1, 0.15) is 0 Å². The van der Waals surface area contributed by atoms with Gasteiger partial charge < -0.3 is 26.0 Å². The van der Waals surface area contributed by atoms with Gasteiger partial charge in [0.2, 0.25) is 0 Å². The van der Waals surface area contributed by atoms with Crippen molar-refractivity contribution in [2.24, 2.45) is 11.3 Å². The average molecular weight is 541 g/mol. The van der Waals surface area contributed by atoms with Crippen LogP contribution in [0.15, 0.2) is 36.4 Å². The maximum Gasteiger partial charge on any atom is 0.336 e. The molecule has 0 radical (unpaired) electrons. The van der Waals surface area contributed by atoms with Gasteiger partial charge in [0.15, 0.2) is 5.78 Å². The summed E-state index contributed by atoms with van der Waals surface area (Å²) in [7, 11) is 0. The number of aliphatic hydroxyl groups is 1. The molecule has 0 spiro atoms. The Bertz CT molecular complexity index is 1220. The van der Waals surface area contributed by atoms with Crippen LogP contribution in [-0.2, 0) is 0 Å². The minimum atomic E-state index is -1.26. The van der Waals surface area contributed by atoms with Crippen LogP contribution in [-0.4, -0.2) is 64.2 Å². The van der Waals surface area contributed by atoms with Gasteiger partial charge in [-0.3, -0.25) is 9.59 Å². The third kappa shape index (κ3) is 9.01. The van der Waals surface area contributed by atoms with Gasteiger partial charge in [-0.1, -0.05) is 32.9 Å². The molecule has 0 aliphatic heterocycles. The second kappa shape index (κ2) is 13.0. The van der Waals surface area contributed by atoms with Gasteiger partial charge in [0, 0.05) is 36.2 Å². The zero-order valence-electron chi connectivity index (χ0n) is 23.6. The highest BCUT2D eigenvalue weighted by molar-refractivity contribution is 6.09. The van der Waals surface area contributed by atoms with E-state index >= 15 is 0 Å². The molecule has 2 aromatic carbocycles. The molecule has 1 atom stereocenters. The van der Waals surface area contributed by atoms with Crippen molar-refractivity contribution in [3.05, 3.63) is 58.7 Å². The molecule has 1 amide bonds. The second-order valence-corrected chi connectivity index (χ2v) is 11.8. The number of benzene rings is 2. The summed E-state index contributed by atoms with van der Waals surface area (Å²) in [6.45, 7) is 12.2. The summed E-state index contributed by atoms with van der Waals surface area (Å²) in [4.78, 5) is 49.6. The van der Waals surface area contributed by atoms with Crippen molar-refractivity contribution in [1.82, 2.24) is 10.6 Å². The van der Waals surface area contributed by atoms with Crippen molar-refractivity contribution in [2.75, 3.05) is 19.7 Å². The van der Waals surface area contributed by atoms with Crippen LogP contribution >= 0.6 is 0 Å². The van der Waals surface area contributed by atoms with Crippen molar-refractivity contribution in [1.29, 1.82) is 0 Å². The molecule has 212 valence electrons. The monoisotopic (exact) mass is 540 g/mol. The lowest BCUT2D eigenvalue weighted by Gasteiger charge is -2.24. The van der Waals surface area contributed by atoms with E-state index in [-0.39, 0.29) is 46.1 Å². The highest BCUT2D eigenvalue weighted by Crippen LogP contribution is 2.29. The first-order valence-electron chi connectivity index (χ1n) is 13.0. The number of rotatable bonds is 12. The summed E-state index contributed by atoms with van der Waals surface area (Å²) in [5.41, 5.74) is -0.244. The topological polar surface area (TPSA) is 153 Å². The lowest BCUT2D eigenvalue weighted by molar-refractivity contribution is 0.0681. The summed E-state index contributed by atoms with van der Waals surface area (Å²) in [5, 5.41) is 35.0. The summed E-state index contributed by atoms with van der Waals surface area (Å²) in [5.74, 6) is -3.37. The van der Waals surface area contributed by atoms with Gasteiger partial charge in [-0.2, -0.15) is 0 Å². The normalized spacial score (nSPS) is 12.6. The molecule has 9 nitrogen and oxygen atoms in total. The number of aromatic carboxylic acids is 2. The Morgan fingerprint density at radius 3 is 1.77 bits per heavy atom. The maximum atomic E-state index is 13.0. The molecular weight excluding hydrogens is 500 g/mol. The predicted octanol–water partition coefficient (Wildman–Crippen LogP) is 4.49. The van der Waals surface area contributed by atoms with Crippen LogP contribution in [0.1, 0.15) is 95.8 Å². The molecule has 0 aliphatic carbocycles. The number of ketones is 1. The molecule has 0 saturated heterocycles. The number of carbonyl (C=O) groups is 4. The zero-order chi connectivity index (χ0) is 29.5. The highest BCUT2D eigenvalue weighted by atomic mass is 16.4. The van der Waals surface area contributed by atoms with Crippen LogP contribution in [0.2, 0.25) is 0 Å². The first kappa shape index (κ1) is 31.7. The Labute approximate surface area is 229 Å². The number of carbonyl (C=O) groups excluding carboxylic acids is 2. The largest absolute Gasteiger partial charge is 0.478 e. The predicted molar refractivity (Wildman–Crippen MR) is 149 cm³/mol. The van der Waals surface area contributed by atoms with Gasteiger partial charge >= 0.3 is 11.9 Å². The number of hydrogen-bond donors (Lipinski definition) is 5. The third-order valence-electron chi connectivity index (χ3n) is 6.26. The number of Topliss-reactive ketones (excluding diaryl/α,β-unsaturated/α-hetero) is 1. The molecule has 39 heavy (non-hydrogen) atoms. The lowest BCUT2D eigenvalue weighted by Crippen LogP contribution is -2.40. The van der Waals surface area contributed by atoms with Gasteiger partial charge in [0.25, 0.3) is 5.91 Å². The zero-order valence-corrected chi connectivity index (χ0v) is 23.6. The quantitative estimate of drug-likeness (QED) is 0.195. The molecule has 2 rings (SSSR count).